The second kappa shape index (κ2) is 5.95. The average Bonchev–Trinajstić information content (AvgIpc) is 2.77. The molecule has 1 amide bonds. The van der Waals surface area contributed by atoms with Crippen molar-refractivity contribution < 1.29 is 4.79 Å². The number of aromatic nitrogens is 1. The van der Waals surface area contributed by atoms with Gasteiger partial charge in [0, 0.05) is 20.1 Å². The molecule has 2 aromatic rings. The topological polar surface area (TPSA) is 45.2 Å². The van der Waals surface area contributed by atoms with Crippen molar-refractivity contribution in [3.63, 3.8) is 0 Å². The van der Waals surface area contributed by atoms with Crippen molar-refractivity contribution in [1.29, 1.82) is 0 Å². The number of nitrogens with one attached hydrogen (secondary N) is 1. The Morgan fingerprint density at radius 1 is 1.05 bits per heavy atom. The molecule has 4 nitrogen and oxygen atoms in total. The number of benzene rings is 1. The molecule has 1 aliphatic heterocycles. The molecule has 0 saturated heterocycles. The van der Waals surface area contributed by atoms with Crippen LogP contribution in [0.2, 0.25) is 0 Å². The van der Waals surface area contributed by atoms with Gasteiger partial charge in [0.25, 0.3) is 5.91 Å². The fourth-order valence-electron chi connectivity index (χ4n) is 2.75. The van der Waals surface area contributed by atoms with Crippen LogP contribution in [0, 0.1) is 0 Å². The smallest absolute Gasteiger partial charge is 0.269 e. The summed E-state index contributed by atoms with van der Waals surface area (Å²) >= 11 is 0. The maximum absolute atomic E-state index is 11.7. The first-order valence-corrected chi connectivity index (χ1v) is 7.29. The summed E-state index contributed by atoms with van der Waals surface area (Å²) < 4.78 is 0. The molecule has 21 heavy (non-hydrogen) atoms. The summed E-state index contributed by atoms with van der Waals surface area (Å²) in [5.74, 6) is 0.735. The molecular formula is C17H19N3O. The molecule has 0 aliphatic carbocycles. The SMILES string of the molecule is CNC(=O)c1cccc(N2CCc3ccccc3CC2)n1. The lowest BCUT2D eigenvalue weighted by atomic mass is 10.0. The van der Waals surface area contributed by atoms with E-state index in [4.69, 9.17) is 0 Å². The Morgan fingerprint density at radius 2 is 1.71 bits per heavy atom. The van der Waals surface area contributed by atoms with E-state index in [1.807, 2.05) is 12.1 Å². The Hall–Kier alpha value is -2.36. The quantitative estimate of drug-likeness (QED) is 0.916. The monoisotopic (exact) mass is 281 g/mol. The first kappa shape index (κ1) is 13.6. The van der Waals surface area contributed by atoms with E-state index >= 15 is 0 Å². The van der Waals surface area contributed by atoms with E-state index in [0.29, 0.717) is 5.69 Å². The largest absolute Gasteiger partial charge is 0.356 e. The van der Waals surface area contributed by atoms with E-state index in [0.717, 1.165) is 31.7 Å². The molecule has 0 atom stereocenters. The molecule has 4 heteroatoms. The van der Waals surface area contributed by atoms with E-state index in [1.54, 1.807) is 13.1 Å². The van der Waals surface area contributed by atoms with Gasteiger partial charge in [-0.2, -0.15) is 0 Å². The van der Waals surface area contributed by atoms with Gasteiger partial charge in [0.1, 0.15) is 11.5 Å². The van der Waals surface area contributed by atoms with Gasteiger partial charge in [-0.15, -0.1) is 0 Å². The van der Waals surface area contributed by atoms with E-state index in [-0.39, 0.29) is 5.91 Å². The van der Waals surface area contributed by atoms with Gasteiger partial charge in [0.15, 0.2) is 0 Å². The summed E-state index contributed by atoms with van der Waals surface area (Å²) in [5.41, 5.74) is 3.31. The zero-order valence-corrected chi connectivity index (χ0v) is 12.2. The molecule has 1 aromatic heterocycles. The van der Waals surface area contributed by atoms with Gasteiger partial charge in [-0.05, 0) is 36.1 Å². The fourth-order valence-corrected chi connectivity index (χ4v) is 2.75. The predicted molar refractivity (Wildman–Crippen MR) is 83.7 cm³/mol. The van der Waals surface area contributed by atoms with Crippen LogP contribution in [0.4, 0.5) is 5.82 Å². The molecule has 1 aliphatic rings. The Morgan fingerprint density at radius 3 is 2.33 bits per heavy atom. The van der Waals surface area contributed by atoms with Crippen molar-refractivity contribution in [2.75, 3.05) is 25.0 Å². The van der Waals surface area contributed by atoms with Gasteiger partial charge in [0.2, 0.25) is 0 Å². The molecule has 0 radical (unpaired) electrons. The number of anilines is 1. The summed E-state index contributed by atoms with van der Waals surface area (Å²) in [6.45, 7) is 1.86. The minimum Gasteiger partial charge on any atom is -0.356 e. The van der Waals surface area contributed by atoms with Gasteiger partial charge in [-0.3, -0.25) is 4.79 Å². The first-order valence-electron chi connectivity index (χ1n) is 7.29. The maximum Gasteiger partial charge on any atom is 0.269 e. The molecule has 0 spiro atoms. The van der Waals surface area contributed by atoms with Crippen LogP contribution in [-0.4, -0.2) is 31.0 Å². The molecule has 1 N–H and O–H groups in total. The normalized spacial score (nSPS) is 14.2. The van der Waals surface area contributed by atoms with Crippen LogP contribution in [-0.2, 0) is 12.8 Å². The van der Waals surface area contributed by atoms with Gasteiger partial charge >= 0.3 is 0 Å². The van der Waals surface area contributed by atoms with Gasteiger partial charge < -0.3 is 10.2 Å². The highest BCUT2D eigenvalue weighted by Gasteiger charge is 2.16. The molecule has 1 aromatic carbocycles. The number of carbonyl (C=O) groups is 1. The molecule has 0 fully saturated rings. The highest BCUT2D eigenvalue weighted by Crippen LogP contribution is 2.19. The van der Waals surface area contributed by atoms with Crippen molar-refractivity contribution in [2.45, 2.75) is 12.8 Å². The van der Waals surface area contributed by atoms with Crippen molar-refractivity contribution in [3.8, 4) is 0 Å². The van der Waals surface area contributed by atoms with Crippen LogP contribution < -0.4 is 10.2 Å². The van der Waals surface area contributed by atoms with Crippen LogP contribution in [0.15, 0.2) is 42.5 Å². The summed E-state index contributed by atoms with van der Waals surface area (Å²) in [7, 11) is 1.62. The number of carbonyl (C=O) groups excluding carboxylic acids is 1. The minimum absolute atomic E-state index is 0.144. The number of fused-ring (bicyclic) bond motifs is 1. The third-order valence-corrected chi connectivity index (χ3v) is 3.94. The van der Waals surface area contributed by atoms with E-state index < -0.39 is 0 Å². The van der Waals surface area contributed by atoms with Gasteiger partial charge in [-0.25, -0.2) is 4.98 Å². The van der Waals surface area contributed by atoms with E-state index in [2.05, 4.69) is 39.5 Å². The highest BCUT2D eigenvalue weighted by atomic mass is 16.1. The van der Waals surface area contributed by atoms with Crippen LogP contribution >= 0.6 is 0 Å². The standard InChI is InChI=1S/C17H19N3O/c1-18-17(21)15-7-4-8-16(19-15)20-11-9-13-5-2-3-6-14(13)10-12-20/h2-8H,9-12H2,1H3,(H,18,21). The third-order valence-electron chi connectivity index (χ3n) is 3.94. The highest BCUT2D eigenvalue weighted by molar-refractivity contribution is 5.92. The van der Waals surface area contributed by atoms with Gasteiger partial charge in [-0.1, -0.05) is 30.3 Å². The predicted octanol–water partition coefficient (Wildman–Crippen LogP) is 2.05. The molecule has 2 heterocycles. The lowest BCUT2D eigenvalue weighted by molar-refractivity contribution is 0.0958. The number of hydrogen-bond acceptors (Lipinski definition) is 3. The summed E-state index contributed by atoms with van der Waals surface area (Å²) in [6.07, 6.45) is 2.03. The number of amides is 1. The van der Waals surface area contributed by atoms with Gasteiger partial charge in [0.05, 0.1) is 0 Å². The van der Waals surface area contributed by atoms with Crippen molar-refractivity contribution in [2.24, 2.45) is 0 Å². The maximum atomic E-state index is 11.7. The second-order valence-corrected chi connectivity index (χ2v) is 5.22. The number of pyridine rings is 1. The third kappa shape index (κ3) is 2.89. The Labute approximate surface area is 124 Å². The number of nitrogens with zero attached hydrogens (tertiary/aromatic N) is 2. The van der Waals surface area contributed by atoms with Crippen LogP contribution in [0.3, 0.4) is 0 Å². The van der Waals surface area contributed by atoms with Crippen molar-refractivity contribution in [1.82, 2.24) is 10.3 Å². The Kier molecular flexibility index (Phi) is 3.86. The minimum atomic E-state index is -0.144. The zero-order chi connectivity index (χ0) is 14.7. The molecule has 0 bridgehead atoms. The van der Waals surface area contributed by atoms with E-state index in [9.17, 15) is 4.79 Å². The first-order chi connectivity index (χ1) is 10.3. The van der Waals surface area contributed by atoms with E-state index in [1.165, 1.54) is 11.1 Å². The molecule has 3 rings (SSSR count). The summed E-state index contributed by atoms with van der Waals surface area (Å²) in [5, 5.41) is 2.62. The Balaban J connectivity index is 1.81. The van der Waals surface area contributed by atoms with Crippen molar-refractivity contribution >= 4 is 11.7 Å². The Bertz CT molecular complexity index is 627. The lowest BCUT2D eigenvalue weighted by Crippen LogP contribution is -2.28. The number of rotatable bonds is 2. The fraction of sp³-hybridized carbons (Fsp3) is 0.294. The molecule has 0 saturated carbocycles. The zero-order valence-electron chi connectivity index (χ0n) is 12.2. The van der Waals surface area contributed by atoms with Crippen LogP contribution in [0.25, 0.3) is 0 Å². The second-order valence-electron chi connectivity index (χ2n) is 5.22. The average molecular weight is 281 g/mol. The lowest BCUT2D eigenvalue weighted by Gasteiger charge is -2.21. The van der Waals surface area contributed by atoms with Crippen LogP contribution in [0.1, 0.15) is 21.6 Å². The number of hydrogen-bond donors (Lipinski definition) is 1. The summed E-state index contributed by atoms with van der Waals surface area (Å²) in [4.78, 5) is 18.4. The molecular weight excluding hydrogens is 262 g/mol. The molecule has 108 valence electrons. The summed E-state index contributed by atoms with van der Waals surface area (Å²) in [6, 6.07) is 14.2. The van der Waals surface area contributed by atoms with Crippen LogP contribution in [0.5, 0.6) is 0 Å². The van der Waals surface area contributed by atoms with Crippen molar-refractivity contribution in [3.05, 3.63) is 59.3 Å². The molecule has 0 unspecified atom stereocenters.